The van der Waals surface area contributed by atoms with Crippen LogP contribution < -0.4 is 10.6 Å². The smallest absolute Gasteiger partial charge is 0.224 e. The average molecular weight is 267 g/mol. The van der Waals surface area contributed by atoms with Crippen molar-refractivity contribution in [1.29, 1.82) is 0 Å². The molecule has 1 aromatic carbocycles. The zero-order valence-corrected chi connectivity index (χ0v) is 11.3. The predicted molar refractivity (Wildman–Crippen MR) is 73.7 cm³/mol. The Labute approximate surface area is 113 Å². The highest BCUT2D eigenvalue weighted by Gasteiger charge is 2.23. The minimum Gasteiger partial charge on any atom is -0.353 e. The fourth-order valence-corrected chi connectivity index (χ4v) is 2.39. The second-order valence-electron chi connectivity index (χ2n) is 4.93. The highest BCUT2D eigenvalue weighted by atomic mass is 35.5. The second-order valence-corrected chi connectivity index (χ2v) is 5.37. The Morgan fingerprint density at radius 2 is 2.22 bits per heavy atom. The monoisotopic (exact) mass is 266 g/mol. The lowest BCUT2D eigenvalue weighted by Gasteiger charge is -2.16. The van der Waals surface area contributed by atoms with Crippen molar-refractivity contribution >= 4 is 17.5 Å². The molecule has 3 nitrogen and oxygen atoms in total. The molecule has 0 saturated carbocycles. The van der Waals surface area contributed by atoms with E-state index in [2.05, 4.69) is 10.6 Å². The summed E-state index contributed by atoms with van der Waals surface area (Å²) in [4.78, 5) is 11.9. The van der Waals surface area contributed by atoms with E-state index in [4.69, 9.17) is 11.6 Å². The zero-order chi connectivity index (χ0) is 13.0. The van der Waals surface area contributed by atoms with Crippen molar-refractivity contribution in [3.05, 3.63) is 34.9 Å². The molecule has 1 heterocycles. The summed E-state index contributed by atoms with van der Waals surface area (Å²) in [6, 6.07) is 7.92. The molecule has 1 aliphatic rings. The largest absolute Gasteiger partial charge is 0.353 e. The van der Waals surface area contributed by atoms with Gasteiger partial charge in [-0.2, -0.15) is 0 Å². The van der Waals surface area contributed by atoms with Crippen LogP contribution >= 0.6 is 11.6 Å². The van der Waals surface area contributed by atoms with Gasteiger partial charge in [0.15, 0.2) is 0 Å². The number of halogens is 1. The molecule has 1 fully saturated rings. The van der Waals surface area contributed by atoms with Crippen LogP contribution in [-0.4, -0.2) is 25.0 Å². The molecular formula is C14H19ClN2O. The predicted octanol–water partition coefficient (Wildman–Crippen LogP) is 2.00. The molecule has 2 unspecified atom stereocenters. The minimum absolute atomic E-state index is 0.137. The molecule has 0 radical (unpaired) electrons. The normalized spacial score (nSPS) is 20.7. The Morgan fingerprint density at radius 1 is 1.50 bits per heavy atom. The van der Waals surface area contributed by atoms with Gasteiger partial charge in [-0.25, -0.2) is 0 Å². The summed E-state index contributed by atoms with van der Waals surface area (Å²) >= 11 is 5.84. The van der Waals surface area contributed by atoms with E-state index in [1.54, 1.807) is 0 Å². The van der Waals surface area contributed by atoms with Gasteiger partial charge in [0.1, 0.15) is 0 Å². The summed E-state index contributed by atoms with van der Waals surface area (Å²) in [5.41, 5.74) is 1.19. The summed E-state index contributed by atoms with van der Waals surface area (Å²) in [7, 11) is 0. The van der Waals surface area contributed by atoms with Gasteiger partial charge in [0.2, 0.25) is 5.91 Å². The fourth-order valence-electron chi connectivity index (χ4n) is 2.26. The van der Waals surface area contributed by atoms with Crippen molar-refractivity contribution in [1.82, 2.24) is 10.6 Å². The first-order chi connectivity index (χ1) is 8.65. The first-order valence-corrected chi connectivity index (χ1v) is 6.78. The molecule has 98 valence electrons. The lowest BCUT2D eigenvalue weighted by molar-refractivity contribution is -0.125. The Bertz CT molecular complexity index is 399. The number of rotatable bonds is 4. The van der Waals surface area contributed by atoms with E-state index in [0.717, 1.165) is 31.0 Å². The molecule has 1 saturated heterocycles. The number of amides is 1. The number of hydrogen-bond donors (Lipinski definition) is 2. The van der Waals surface area contributed by atoms with Gasteiger partial charge in [0.25, 0.3) is 0 Å². The molecule has 1 amide bonds. The fraction of sp³-hybridized carbons (Fsp3) is 0.500. The highest BCUT2D eigenvalue weighted by Crippen LogP contribution is 2.12. The van der Waals surface area contributed by atoms with Gasteiger partial charge in [-0.3, -0.25) is 4.79 Å². The van der Waals surface area contributed by atoms with Crippen LogP contribution in [0.1, 0.15) is 18.9 Å². The molecule has 2 atom stereocenters. The van der Waals surface area contributed by atoms with E-state index < -0.39 is 0 Å². The summed E-state index contributed by atoms with van der Waals surface area (Å²) in [5, 5.41) is 7.02. The Morgan fingerprint density at radius 3 is 2.83 bits per heavy atom. The molecule has 1 aromatic rings. The molecule has 0 bridgehead atoms. The average Bonchev–Trinajstić information content (AvgIpc) is 2.85. The van der Waals surface area contributed by atoms with Gasteiger partial charge in [-0.1, -0.05) is 23.7 Å². The molecule has 0 aromatic heterocycles. The highest BCUT2D eigenvalue weighted by molar-refractivity contribution is 6.30. The Balaban J connectivity index is 1.82. The first-order valence-electron chi connectivity index (χ1n) is 6.40. The molecule has 2 rings (SSSR count). The summed E-state index contributed by atoms with van der Waals surface area (Å²) < 4.78 is 0. The van der Waals surface area contributed by atoms with Crippen LogP contribution in [0.2, 0.25) is 5.02 Å². The molecule has 18 heavy (non-hydrogen) atoms. The molecular weight excluding hydrogens is 248 g/mol. The van der Waals surface area contributed by atoms with Crippen molar-refractivity contribution in [2.45, 2.75) is 25.8 Å². The van der Waals surface area contributed by atoms with E-state index in [1.807, 2.05) is 31.2 Å². The van der Waals surface area contributed by atoms with Gasteiger partial charge in [0, 0.05) is 17.6 Å². The van der Waals surface area contributed by atoms with Crippen LogP contribution in [0.3, 0.4) is 0 Å². The van der Waals surface area contributed by atoms with Crippen LogP contribution in [0.25, 0.3) is 0 Å². The quantitative estimate of drug-likeness (QED) is 0.875. The molecule has 2 N–H and O–H groups in total. The van der Waals surface area contributed by atoms with Gasteiger partial charge < -0.3 is 10.6 Å². The van der Waals surface area contributed by atoms with Crippen LogP contribution in [0, 0.1) is 5.92 Å². The van der Waals surface area contributed by atoms with Crippen molar-refractivity contribution in [3.63, 3.8) is 0 Å². The lowest BCUT2D eigenvalue weighted by Crippen LogP contribution is -2.39. The number of hydrogen-bond acceptors (Lipinski definition) is 2. The molecule has 1 aliphatic heterocycles. The third-order valence-electron chi connectivity index (χ3n) is 3.27. The van der Waals surface area contributed by atoms with E-state index in [0.29, 0.717) is 0 Å². The standard InChI is InChI=1S/C14H19ClN2O/c1-10(8-11-2-4-13(15)5-3-11)17-14(18)12-6-7-16-9-12/h2-5,10,12,16H,6-9H2,1H3,(H,17,18). The van der Waals surface area contributed by atoms with Crippen molar-refractivity contribution in [2.75, 3.05) is 13.1 Å². The summed E-state index contributed by atoms with van der Waals surface area (Å²) in [6.45, 7) is 3.79. The summed E-state index contributed by atoms with van der Waals surface area (Å²) in [6.07, 6.45) is 1.78. The van der Waals surface area contributed by atoms with E-state index in [9.17, 15) is 4.79 Å². The van der Waals surface area contributed by atoms with Crippen molar-refractivity contribution < 1.29 is 4.79 Å². The van der Waals surface area contributed by atoms with Gasteiger partial charge in [-0.05, 0) is 44.0 Å². The maximum Gasteiger partial charge on any atom is 0.224 e. The van der Waals surface area contributed by atoms with E-state index in [1.165, 1.54) is 5.56 Å². The van der Waals surface area contributed by atoms with Crippen molar-refractivity contribution in [3.8, 4) is 0 Å². The van der Waals surface area contributed by atoms with Crippen LogP contribution in [0.4, 0.5) is 0 Å². The number of carbonyl (C=O) groups excluding carboxylic acids is 1. The van der Waals surface area contributed by atoms with E-state index in [-0.39, 0.29) is 17.9 Å². The third-order valence-corrected chi connectivity index (χ3v) is 3.53. The Hall–Kier alpha value is -1.06. The molecule has 4 heteroatoms. The van der Waals surface area contributed by atoms with Crippen LogP contribution in [0.15, 0.2) is 24.3 Å². The molecule has 0 aliphatic carbocycles. The SMILES string of the molecule is CC(Cc1ccc(Cl)cc1)NC(=O)C1CCNC1. The minimum atomic E-state index is 0.137. The first kappa shape index (κ1) is 13.4. The van der Waals surface area contributed by atoms with Crippen LogP contribution in [0.5, 0.6) is 0 Å². The number of carbonyl (C=O) groups is 1. The Kier molecular flexibility index (Phi) is 4.61. The second kappa shape index (κ2) is 6.21. The van der Waals surface area contributed by atoms with Gasteiger partial charge in [0.05, 0.1) is 5.92 Å². The van der Waals surface area contributed by atoms with Gasteiger partial charge in [-0.15, -0.1) is 0 Å². The third kappa shape index (κ3) is 3.72. The van der Waals surface area contributed by atoms with E-state index >= 15 is 0 Å². The summed E-state index contributed by atoms with van der Waals surface area (Å²) in [5.74, 6) is 0.305. The van der Waals surface area contributed by atoms with Crippen molar-refractivity contribution in [2.24, 2.45) is 5.92 Å². The maximum atomic E-state index is 11.9. The number of benzene rings is 1. The zero-order valence-electron chi connectivity index (χ0n) is 10.6. The van der Waals surface area contributed by atoms with Crippen LogP contribution in [-0.2, 0) is 11.2 Å². The van der Waals surface area contributed by atoms with Gasteiger partial charge >= 0.3 is 0 Å². The topological polar surface area (TPSA) is 41.1 Å². The maximum absolute atomic E-state index is 11.9. The molecule has 0 spiro atoms. The number of nitrogens with one attached hydrogen (secondary N) is 2. The lowest BCUT2D eigenvalue weighted by atomic mass is 10.0.